The maximum absolute atomic E-state index is 11.0. The number of carbonyl (C=O) groups is 1. The molecule has 21 heavy (non-hydrogen) atoms. The molecule has 1 N–H and O–H groups in total. The number of carbonyl (C=O) groups excluding carboxylic acids is 1. The predicted molar refractivity (Wildman–Crippen MR) is 80.4 cm³/mol. The molecule has 1 aliphatic rings. The van der Waals surface area contributed by atoms with Gasteiger partial charge in [-0.1, -0.05) is 18.2 Å². The zero-order valence-corrected chi connectivity index (χ0v) is 12.7. The Labute approximate surface area is 130 Å². The van der Waals surface area contributed by atoms with Crippen molar-refractivity contribution in [2.75, 3.05) is 6.61 Å². The molecular weight excluding hydrogens is 336 g/mol. The zero-order chi connectivity index (χ0) is 14.7. The SMILES string of the molecule is O=C1NC(Cc2ccc(Oc3cccc(Br)n3)cc2)CO1. The lowest BCUT2D eigenvalue weighted by atomic mass is 10.1. The van der Waals surface area contributed by atoms with Gasteiger partial charge < -0.3 is 14.8 Å². The molecule has 1 saturated heterocycles. The summed E-state index contributed by atoms with van der Waals surface area (Å²) in [6.45, 7) is 0.416. The summed E-state index contributed by atoms with van der Waals surface area (Å²) in [7, 11) is 0. The number of hydrogen-bond acceptors (Lipinski definition) is 4. The van der Waals surface area contributed by atoms with Crippen LogP contribution in [0.15, 0.2) is 47.1 Å². The van der Waals surface area contributed by atoms with Crippen LogP contribution in [0, 0.1) is 0 Å². The van der Waals surface area contributed by atoms with Gasteiger partial charge >= 0.3 is 6.09 Å². The highest BCUT2D eigenvalue weighted by molar-refractivity contribution is 9.10. The van der Waals surface area contributed by atoms with Gasteiger partial charge in [0, 0.05) is 6.07 Å². The van der Waals surface area contributed by atoms with E-state index < -0.39 is 0 Å². The number of nitrogens with zero attached hydrogens (tertiary/aromatic N) is 1. The highest BCUT2D eigenvalue weighted by atomic mass is 79.9. The van der Waals surface area contributed by atoms with Crippen LogP contribution < -0.4 is 10.1 Å². The summed E-state index contributed by atoms with van der Waals surface area (Å²) in [6, 6.07) is 13.2. The fourth-order valence-corrected chi connectivity index (χ4v) is 2.41. The summed E-state index contributed by atoms with van der Waals surface area (Å²) < 4.78 is 11.3. The van der Waals surface area contributed by atoms with Crippen LogP contribution in [-0.2, 0) is 11.2 Å². The molecule has 0 bridgehead atoms. The van der Waals surface area contributed by atoms with Crippen molar-refractivity contribution in [1.29, 1.82) is 0 Å². The van der Waals surface area contributed by atoms with Crippen molar-refractivity contribution in [3.8, 4) is 11.6 Å². The van der Waals surface area contributed by atoms with E-state index in [0.717, 1.165) is 22.3 Å². The standard InChI is InChI=1S/C15H13BrN2O3/c16-13-2-1-3-14(18-13)21-12-6-4-10(5-7-12)8-11-9-20-15(19)17-11/h1-7,11H,8-9H2,(H,17,19). The summed E-state index contributed by atoms with van der Waals surface area (Å²) in [5.74, 6) is 1.25. The molecule has 5 nitrogen and oxygen atoms in total. The number of nitrogens with one attached hydrogen (secondary N) is 1. The van der Waals surface area contributed by atoms with E-state index in [2.05, 4.69) is 26.2 Å². The van der Waals surface area contributed by atoms with Gasteiger partial charge in [-0.2, -0.15) is 0 Å². The van der Waals surface area contributed by atoms with Crippen LogP contribution in [0.2, 0.25) is 0 Å². The first-order chi connectivity index (χ1) is 10.2. The molecule has 0 saturated carbocycles. The van der Waals surface area contributed by atoms with Gasteiger partial charge in [0.25, 0.3) is 0 Å². The number of benzene rings is 1. The van der Waals surface area contributed by atoms with Gasteiger partial charge in [0.1, 0.15) is 17.0 Å². The topological polar surface area (TPSA) is 60.5 Å². The van der Waals surface area contributed by atoms with Gasteiger partial charge in [0.15, 0.2) is 0 Å². The first kappa shape index (κ1) is 13.9. The Kier molecular flexibility index (Phi) is 4.06. The molecule has 1 atom stereocenters. The smallest absolute Gasteiger partial charge is 0.407 e. The molecule has 2 aromatic rings. The molecule has 0 spiro atoms. The first-order valence-electron chi connectivity index (χ1n) is 6.52. The number of hydrogen-bond donors (Lipinski definition) is 1. The van der Waals surface area contributed by atoms with Gasteiger partial charge in [-0.05, 0) is 46.1 Å². The maximum Gasteiger partial charge on any atom is 0.407 e. The minimum absolute atomic E-state index is 0.0380. The van der Waals surface area contributed by atoms with E-state index >= 15 is 0 Å². The number of ether oxygens (including phenoxy) is 2. The van der Waals surface area contributed by atoms with Gasteiger partial charge in [-0.3, -0.25) is 0 Å². The fourth-order valence-electron chi connectivity index (χ4n) is 2.08. The lowest BCUT2D eigenvalue weighted by molar-refractivity contribution is 0.177. The molecule has 1 aromatic heterocycles. The Balaban J connectivity index is 1.62. The molecule has 1 amide bonds. The van der Waals surface area contributed by atoms with E-state index in [-0.39, 0.29) is 12.1 Å². The summed E-state index contributed by atoms with van der Waals surface area (Å²) in [5.41, 5.74) is 1.11. The van der Waals surface area contributed by atoms with Crippen LogP contribution in [-0.4, -0.2) is 23.7 Å². The second-order valence-electron chi connectivity index (χ2n) is 4.69. The number of halogens is 1. The Morgan fingerprint density at radius 1 is 1.29 bits per heavy atom. The molecule has 6 heteroatoms. The Hall–Kier alpha value is -2.08. The van der Waals surface area contributed by atoms with Gasteiger partial charge in [0.05, 0.1) is 6.04 Å². The van der Waals surface area contributed by atoms with E-state index in [0.29, 0.717) is 12.5 Å². The van der Waals surface area contributed by atoms with Crippen molar-refractivity contribution in [2.45, 2.75) is 12.5 Å². The third-order valence-corrected chi connectivity index (χ3v) is 3.50. The second-order valence-corrected chi connectivity index (χ2v) is 5.50. The van der Waals surface area contributed by atoms with Crippen molar-refractivity contribution in [2.24, 2.45) is 0 Å². The molecule has 0 radical (unpaired) electrons. The largest absolute Gasteiger partial charge is 0.447 e. The summed E-state index contributed by atoms with van der Waals surface area (Å²) in [5, 5.41) is 2.76. The van der Waals surface area contributed by atoms with Crippen LogP contribution in [0.25, 0.3) is 0 Å². The monoisotopic (exact) mass is 348 g/mol. The summed E-state index contributed by atoms with van der Waals surface area (Å²) in [4.78, 5) is 15.2. The van der Waals surface area contributed by atoms with Gasteiger partial charge in [0.2, 0.25) is 5.88 Å². The van der Waals surface area contributed by atoms with Crippen molar-refractivity contribution >= 4 is 22.0 Å². The van der Waals surface area contributed by atoms with E-state index in [1.165, 1.54) is 0 Å². The molecule has 1 aromatic carbocycles. The van der Waals surface area contributed by atoms with Crippen LogP contribution in [0.5, 0.6) is 11.6 Å². The Morgan fingerprint density at radius 2 is 2.10 bits per heavy atom. The Bertz CT molecular complexity index is 646. The van der Waals surface area contributed by atoms with E-state index in [9.17, 15) is 4.79 Å². The zero-order valence-electron chi connectivity index (χ0n) is 11.1. The summed E-state index contributed by atoms with van der Waals surface area (Å²) in [6.07, 6.45) is 0.391. The van der Waals surface area contributed by atoms with Gasteiger partial charge in [-0.25, -0.2) is 9.78 Å². The Morgan fingerprint density at radius 3 is 2.76 bits per heavy atom. The number of pyridine rings is 1. The molecule has 1 fully saturated rings. The van der Waals surface area contributed by atoms with E-state index in [4.69, 9.17) is 9.47 Å². The maximum atomic E-state index is 11.0. The van der Waals surface area contributed by atoms with E-state index in [1.807, 2.05) is 36.4 Å². The fraction of sp³-hybridized carbons (Fsp3) is 0.200. The van der Waals surface area contributed by atoms with Crippen molar-refractivity contribution in [1.82, 2.24) is 10.3 Å². The van der Waals surface area contributed by atoms with Crippen LogP contribution in [0.1, 0.15) is 5.56 Å². The van der Waals surface area contributed by atoms with Crippen LogP contribution in [0.3, 0.4) is 0 Å². The summed E-state index contributed by atoms with van der Waals surface area (Å²) >= 11 is 3.30. The highest BCUT2D eigenvalue weighted by Gasteiger charge is 2.21. The average molecular weight is 349 g/mol. The quantitative estimate of drug-likeness (QED) is 0.861. The average Bonchev–Trinajstić information content (AvgIpc) is 2.86. The molecule has 3 rings (SSSR count). The van der Waals surface area contributed by atoms with Crippen LogP contribution in [0.4, 0.5) is 4.79 Å². The number of rotatable bonds is 4. The number of cyclic esters (lactones) is 1. The predicted octanol–water partition coefficient (Wildman–Crippen LogP) is 3.29. The number of alkyl carbamates (subject to hydrolysis) is 1. The van der Waals surface area contributed by atoms with Crippen molar-refractivity contribution in [3.63, 3.8) is 0 Å². The lowest BCUT2D eigenvalue weighted by Crippen LogP contribution is -2.28. The molecule has 2 heterocycles. The van der Waals surface area contributed by atoms with Crippen molar-refractivity contribution < 1.29 is 14.3 Å². The normalized spacial score (nSPS) is 17.2. The molecule has 1 unspecified atom stereocenters. The number of aromatic nitrogens is 1. The third kappa shape index (κ3) is 3.72. The minimum Gasteiger partial charge on any atom is -0.447 e. The second kappa shape index (κ2) is 6.13. The number of amides is 1. The molecule has 108 valence electrons. The van der Waals surface area contributed by atoms with Crippen molar-refractivity contribution in [3.05, 3.63) is 52.6 Å². The highest BCUT2D eigenvalue weighted by Crippen LogP contribution is 2.22. The lowest BCUT2D eigenvalue weighted by Gasteiger charge is -2.09. The minimum atomic E-state index is -0.347. The van der Waals surface area contributed by atoms with E-state index in [1.54, 1.807) is 6.07 Å². The molecule has 1 aliphatic heterocycles. The van der Waals surface area contributed by atoms with Gasteiger partial charge in [-0.15, -0.1) is 0 Å². The molecule has 0 aliphatic carbocycles. The third-order valence-electron chi connectivity index (χ3n) is 3.06. The molecular formula is C15H13BrN2O3. The first-order valence-corrected chi connectivity index (χ1v) is 7.31. The van der Waals surface area contributed by atoms with Crippen LogP contribution >= 0.6 is 15.9 Å².